The molecule has 9 rings (SSSR count). The summed E-state index contributed by atoms with van der Waals surface area (Å²) in [5.74, 6) is 0. The molecule has 0 spiro atoms. The number of aromatic amines is 2. The first-order valence-electron chi connectivity index (χ1n) is 19.7. The molecule has 2 N–H and O–H groups in total. The van der Waals surface area contributed by atoms with Crippen molar-refractivity contribution in [3.8, 4) is 45.0 Å². The maximum atomic E-state index is 5.52. The molecule has 0 fully saturated rings. The first kappa shape index (κ1) is 37.6. The average Bonchev–Trinajstić information content (AvgIpc) is 4.10. The van der Waals surface area contributed by atoms with E-state index in [1.54, 1.807) is 0 Å². The van der Waals surface area contributed by atoms with Crippen LogP contribution in [0.3, 0.4) is 0 Å². The van der Waals surface area contributed by atoms with Gasteiger partial charge in [0.2, 0.25) is 22.8 Å². The van der Waals surface area contributed by atoms with Gasteiger partial charge >= 0.3 is 0 Å². The van der Waals surface area contributed by atoms with Gasteiger partial charge in [-0.2, -0.15) is 18.3 Å². The Kier molecular flexibility index (Phi) is 10.6. The zero-order valence-electron chi connectivity index (χ0n) is 32.7. The molecule has 9 heterocycles. The summed E-state index contributed by atoms with van der Waals surface area (Å²) >= 11 is 0. The minimum atomic E-state index is 0. The van der Waals surface area contributed by atoms with Crippen LogP contribution in [0.25, 0.3) is 91.4 Å². The molecule has 8 nitrogen and oxygen atoms in total. The van der Waals surface area contributed by atoms with Crippen LogP contribution in [0, 0.1) is 0 Å². The van der Waals surface area contributed by atoms with Crippen molar-refractivity contribution >= 4 is 46.4 Å². The molecule has 2 aliphatic heterocycles. The molecule has 7 aromatic heterocycles. The third-order valence-electron chi connectivity index (χ3n) is 10.9. The number of H-pyrrole nitrogens is 2. The fourth-order valence-corrected chi connectivity index (χ4v) is 8.20. The zero-order valence-corrected chi connectivity index (χ0v) is 33.9. The number of aryl methyl sites for hydroxylation is 4. The average molecular weight is 790 g/mol. The van der Waals surface area contributed by atoms with Crippen LogP contribution in [0.5, 0.6) is 0 Å². The quantitative estimate of drug-likeness (QED) is 0.120. The second-order valence-electron chi connectivity index (χ2n) is 14.0. The molecule has 1 radical (unpaired) electrons. The van der Waals surface area contributed by atoms with E-state index in [4.69, 9.17) is 9.97 Å². The second-order valence-corrected chi connectivity index (χ2v) is 14.0. The Morgan fingerprint density at radius 2 is 0.614 bits per heavy atom. The molecule has 2 aliphatic rings. The van der Waals surface area contributed by atoms with Crippen LogP contribution in [-0.4, -0.2) is 19.9 Å². The van der Waals surface area contributed by atoms with Crippen LogP contribution in [0.4, 0.5) is 0 Å². The molecule has 0 amide bonds. The van der Waals surface area contributed by atoms with Crippen molar-refractivity contribution < 1.29 is 35.3 Å². The Hall–Kier alpha value is -6.28. The Bertz CT molecular complexity index is 2500. The van der Waals surface area contributed by atoms with E-state index in [0.717, 1.165) is 116 Å². The zero-order chi connectivity index (χ0) is 38.2. The molecule has 0 atom stereocenters. The summed E-state index contributed by atoms with van der Waals surface area (Å²) in [7, 11) is 0. The van der Waals surface area contributed by atoms with E-state index < -0.39 is 0 Å². The molecule has 8 bridgehead atoms. The second kappa shape index (κ2) is 16.1. The molecule has 0 unspecified atom stereocenters. The topological polar surface area (TPSA) is 72.9 Å². The summed E-state index contributed by atoms with van der Waals surface area (Å²) in [6.45, 7) is 12.0. The number of fused-ring (bicyclic) bond motifs is 8. The van der Waals surface area contributed by atoms with Crippen LogP contribution in [0.1, 0.15) is 50.5 Å². The van der Waals surface area contributed by atoms with E-state index >= 15 is 0 Å². The summed E-state index contributed by atoms with van der Waals surface area (Å²) in [5, 5.41) is 0. The molecule has 281 valence electrons. The number of pyridine rings is 4. The SMILES string of the molecule is CC[n+]1ccccc1-c1c2nc(c(-c3cccc[n+]3CC)c3ccc([nH]3)c(-c3cccc[n+]3CC)c3nc(c(-c4cccc[n+]4CC)c4ccc1[nH]4)C=C3)C=C2.[Mn]. The Labute approximate surface area is 343 Å². The Balaban J connectivity index is 0.00000455. The standard InChI is InChI=1S/C48H45N8.Mn/c1-5-53-29-13-9-17-41(53)45-33-21-23-35(49-33)46(42-18-10-14-30-54(42)6-2)37-25-27-39(51-37)48(44-20-12-16-32-56(44)8-4)40-28-26-38(52-40)47(36-24-22-34(45)50-36)43-19-11-15-31-55(43)7-3;/h9-32H,5-8H2,1-4H3,(H,49,50,51,52);/q+3;/p+1. The van der Waals surface area contributed by atoms with Crippen molar-refractivity contribution in [1.82, 2.24) is 19.9 Å². The van der Waals surface area contributed by atoms with Gasteiger partial charge in [-0.3, -0.25) is 0 Å². The Morgan fingerprint density at radius 1 is 0.368 bits per heavy atom. The molecule has 7 aromatic rings. The fourth-order valence-electron chi connectivity index (χ4n) is 8.20. The van der Waals surface area contributed by atoms with Crippen LogP contribution in [0.15, 0.2) is 122 Å². The van der Waals surface area contributed by atoms with Gasteiger partial charge in [0.1, 0.15) is 26.2 Å². The number of rotatable bonds is 8. The van der Waals surface area contributed by atoms with Gasteiger partial charge in [-0.05, 0) is 101 Å². The van der Waals surface area contributed by atoms with E-state index in [0.29, 0.717) is 0 Å². The predicted molar refractivity (Wildman–Crippen MR) is 224 cm³/mol. The van der Waals surface area contributed by atoms with Gasteiger partial charge in [0.05, 0.1) is 67.1 Å². The number of nitrogens with one attached hydrogen (secondary N) is 2. The van der Waals surface area contributed by atoms with Gasteiger partial charge in [0.15, 0.2) is 24.8 Å². The largest absolute Gasteiger partial charge is 0.354 e. The maximum Gasteiger partial charge on any atom is 0.216 e. The molecule has 0 aromatic carbocycles. The van der Waals surface area contributed by atoms with Crippen molar-refractivity contribution in [3.05, 3.63) is 145 Å². The van der Waals surface area contributed by atoms with Gasteiger partial charge in [0, 0.05) is 65.6 Å². The molecule has 0 aliphatic carbocycles. The van der Waals surface area contributed by atoms with E-state index in [2.05, 4.69) is 202 Å². The smallest absolute Gasteiger partial charge is 0.216 e. The van der Waals surface area contributed by atoms with Crippen molar-refractivity contribution in [2.75, 3.05) is 0 Å². The van der Waals surface area contributed by atoms with Crippen LogP contribution >= 0.6 is 0 Å². The maximum absolute atomic E-state index is 5.52. The van der Waals surface area contributed by atoms with Gasteiger partial charge < -0.3 is 9.97 Å². The molecule has 57 heavy (non-hydrogen) atoms. The fraction of sp³-hybridized carbons (Fsp3) is 0.167. The van der Waals surface area contributed by atoms with Crippen LogP contribution in [0.2, 0.25) is 0 Å². The number of nitrogens with zero attached hydrogens (tertiary/aromatic N) is 6. The first-order chi connectivity index (χ1) is 27.6. The summed E-state index contributed by atoms with van der Waals surface area (Å²) in [4.78, 5) is 18.9. The van der Waals surface area contributed by atoms with Gasteiger partial charge in [-0.1, -0.05) is 0 Å². The summed E-state index contributed by atoms with van der Waals surface area (Å²) in [5.41, 5.74) is 16.1. The van der Waals surface area contributed by atoms with Crippen LogP contribution < -0.4 is 18.3 Å². The minimum Gasteiger partial charge on any atom is -0.354 e. The van der Waals surface area contributed by atoms with Crippen molar-refractivity contribution in [1.29, 1.82) is 0 Å². The molecule has 9 heteroatoms. The molecular formula is C48H46MnN8+4. The van der Waals surface area contributed by atoms with E-state index in [-0.39, 0.29) is 17.1 Å². The molecule has 0 saturated carbocycles. The monoisotopic (exact) mass is 789 g/mol. The van der Waals surface area contributed by atoms with Crippen molar-refractivity contribution in [2.24, 2.45) is 0 Å². The number of hydrogen-bond acceptors (Lipinski definition) is 2. The summed E-state index contributed by atoms with van der Waals surface area (Å²) in [6.07, 6.45) is 17.3. The number of aromatic nitrogens is 8. The number of hydrogen-bond donors (Lipinski definition) is 2. The molecular weight excluding hydrogens is 744 g/mol. The van der Waals surface area contributed by atoms with Gasteiger partial charge in [-0.15, -0.1) is 0 Å². The summed E-state index contributed by atoms with van der Waals surface area (Å²) < 4.78 is 9.14. The van der Waals surface area contributed by atoms with E-state index in [9.17, 15) is 0 Å². The normalized spacial score (nSPS) is 11.9. The van der Waals surface area contributed by atoms with Gasteiger partial charge in [0.25, 0.3) is 0 Å². The summed E-state index contributed by atoms with van der Waals surface area (Å²) in [6, 6.07) is 34.4. The predicted octanol–water partition coefficient (Wildman–Crippen LogP) is 8.55. The van der Waals surface area contributed by atoms with Crippen LogP contribution in [-0.2, 0) is 43.2 Å². The van der Waals surface area contributed by atoms with Crippen molar-refractivity contribution in [2.45, 2.75) is 53.9 Å². The van der Waals surface area contributed by atoms with Gasteiger partial charge in [-0.25, -0.2) is 9.97 Å². The third-order valence-corrected chi connectivity index (χ3v) is 10.9. The minimum absolute atomic E-state index is 0. The first-order valence-corrected chi connectivity index (χ1v) is 19.7. The Morgan fingerprint density at radius 3 is 0.842 bits per heavy atom. The van der Waals surface area contributed by atoms with E-state index in [1.807, 2.05) is 0 Å². The molecule has 0 saturated heterocycles. The third kappa shape index (κ3) is 6.73. The van der Waals surface area contributed by atoms with Crippen molar-refractivity contribution in [3.63, 3.8) is 0 Å². The van der Waals surface area contributed by atoms with E-state index in [1.165, 1.54) is 0 Å².